The summed E-state index contributed by atoms with van der Waals surface area (Å²) in [5.41, 5.74) is 0.289. The maximum Gasteiger partial charge on any atom is 0.0951 e. The summed E-state index contributed by atoms with van der Waals surface area (Å²) in [4.78, 5) is 0. The van der Waals surface area contributed by atoms with Crippen molar-refractivity contribution < 1.29 is 9.84 Å². The average Bonchev–Trinajstić information content (AvgIpc) is 2.52. The van der Waals surface area contributed by atoms with Crippen molar-refractivity contribution in [2.75, 3.05) is 6.61 Å². The molecule has 2 nitrogen and oxygen atoms in total. The third-order valence-corrected chi connectivity index (χ3v) is 3.84. The van der Waals surface area contributed by atoms with Crippen LogP contribution in [0.15, 0.2) is 15.7 Å². The fourth-order valence-electron chi connectivity index (χ4n) is 1.90. The van der Waals surface area contributed by atoms with E-state index in [1.165, 1.54) is 0 Å². The standard InChI is InChI=1S/C10H14O2S2/c1-7-5-10(11,2-3-12-7)8-4-9(13)14-6-8/h4,6-7,11,13H,2-3,5H2,1H3. The highest BCUT2D eigenvalue weighted by molar-refractivity contribution is 7.82. The Kier molecular flexibility index (Phi) is 2.88. The van der Waals surface area contributed by atoms with Crippen LogP contribution in [0.2, 0.25) is 0 Å². The molecule has 0 aromatic carbocycles. The predicted octanol–water partition coefficient (Wildman–Crippen LogP) is 2.42. The van der Waals surface area contributed by atoms with Crippen molar-refractivity contribution >= 4 is 24.0 Å². The topological polar surface area (TPSA) is 29.5 Å². The smallest absolute Gasteiger partial charge is 0.0951 e. The lowest BCUT2D eigenvalue weighted by Gasteiger charge is -2.35. The van der Waals surface area contributed by atoms with Crippen molar-refractivity contribution in [3.8, 4) is 0 Å². The first-order chi connectivity index (χ1) is 6.60. The van der Waals surface area contributed by atoms with Crippen molar-refractivity contribution in [2.24, 2.45) is 0 Å². The van der Waals surface area contributed by atoms with Crippen molar-refractivity contribution in [3.63, 3.8) is 0 Å². The summed E-state index contributed by atoms with van der Waals surface area (Å²) in [6.07, 6.45) is 1.50. The minimum Gasteiger partial charge on any atom is -0.385 e. The normalized spacial score (nSPS) is 33.2. The molecule has 2 atom stereocenters. The van der Waals surface area contributed by atoms with Crippen molar-refractivity contribution in [2.45, 2.75) is 35.7 Å². The van der Waals surface area contributed by atoms with E-state index in [1.807, 2.05) is 18.4 Å². The van der Waals surface area contributed by atoms with Gasteiger partial charge in [0.05, 0.1) is 22.5 Å². The second-order valence-corrected chi connectivity index (χ2v) is 5.54. The zero-order valence-electron chi connectivity index (χ0n) is 8.06. The first kappa shape index (κ1) is 10.5. The van der Waals surface area contributed by atoms with Crippen LogP contribution in [0.5, 0.6) is 0 Å². The Labute approximate surface area is 93.3 Å². The van der Waals surface area contributed by atoms with E-state index in [-0.39, 0.29) is 6.10 Å². The number of ether oxygens (including phenoxy) is 1. The van der Waals surface area contributed by atoms with Crippen LogP contribution < -0.4 is 0 Å². The van der Waals surface area contributed by atoms with Gasteiger partial charge in [-0.1, -0.05) is 0 Å². The quantitative estimate of drug-likeness (QED) is 0.726. The summed E-state index contributed by atoms with van der Waals surface area (Å²) in [7, 11) is 0. The zero-order chi connectivity index (χ0) is 10.2. The Morgan fingerprint density at radius 3 is 3.07 bits per heavy atom. The summed E-state index contributed by atoms with van der Waals surface area (Å²) in [5.74, 6) is 0. The van der Waals surface area contributed by atoms with Gasteiger partial charge < -0.3 is 9.84 Å². The fourth-order valence-corrected chi connectivity index (χ4v) is 2.92. The van der Waals surface area contributed by atoms with E-state index in [2.05, 4.69) is 12.6 Å². The van der Waals surface area contributed by atoms with Gasteiger partial charge in [0.15, 0.2) is 0 Å². The highest BCUT2D eigenvalue weighted by Crippen LogP contribution is 2.37. The third kappa shape index (κ3) is 1.98. The lowest BCUT2D eigenvalue weighted by molar-refractivity contribution is -0.101. The first-order valence-corrected chi connectivity index (χ1v) is 6.05. The molecule has 0 radical (unpaired) electrons. The van der Waals surface area contributed by atoms with Gasteiger partial charge >= 0.3 is 0 Å². The predicted molar refractivity (Wildman–Crippen MR) is 60.1 cm³/mol. The van der Waals surface area contributed by atoms with Crippen LogP contribution in [0, 0.1) is 0 Å². The third-order valence-electron chi connectivity index (χ3n) is 2.67. The van der Waals surface area contributed by atoms with Crippen molar-refractivity contribution in [3.05, 3.63) is 17.0 Å². The molecule has 2 rings (SSSR count). The number of rotatable bonds is 1. The molecule has 0 aliphatic carbocycles. The molecule has 1 saturated heterocycles. The van der Waals surface area contributed by atoms with Crippen LogP contribution in [0.3, 0.4) is 0 Å². The van der Waals surface area contributed by atoms with Crippen LogP contribution in [0.25, 0.3) is 0 Å². The first-order valence-electron chi connectivity index (χ1n) is 4.72. The maximum absolute atomic E-state index is 10.4. The summed E-state index contributed by atoms with van der Waals surface area (Å²) in [5, 5.41) is 12.4. The molecule has 2 heterocycles. The van der Waals surface area contributed by atoms with Gasteiger partial charge in [-0.3, -0.25) is 0 Å². The number of hydrogen-bond donors (Lipinski definition) is 2. The Bertz CT molecular complexity index is 324. The van der Waals surface area contributed by atoms with E-state index in [0.717, 1.165) is 9.77 Å². The minimum atomic E-state index is -0.699. The molecular formula is C10H14O2S2. The van der Waals surface area contributed by atoms with Gasteiger partial charge in [-0.15, -0.1) is 24.0 Å². The highest BCUT2D eigenvalue weighted by atomic mass is 32.2. The largest absolute Gasteiger partial charge is 0.385 e. The molecule has 14 heavy (non-hydrogen) atoms. The molecule has 1 aliphatic heterocycles. The Morgan fingerprint density at radius 2 is 2.50 bits per heavy atom. The second kappa shape index (κ2) is 3.85. The molecule has 2 unspecified atom stereocenters. The average molecular weight is 230 g/mol. The van der Waals surface area contributed by atoms with E-state index in [4.69, 9.17) is 4.74 Å². The summed E-state index contributed by atoms with van der Waals surface area (Å²) in [6.45, 7) is 2.63. The molecule has 0 amide bonds. The van der Waals surface area contributed by atoms with Crippen molar-refractivity contribution in [1.29, 1.82) is 0 Å². The van der Waals surface area contributed by atoms with E-state index in [1.54, 1.807) is 11.3 Å². The number of thiol groups is 1. The second-order valence-electron chi connectivity index (χ2n) is 3.84. The Balaban J connectivity index is 2.22. The van der Waals surface area contributed by atoms with E-state index in [9.17, 15) is 5.11 Å². The van der Waals surface area contributed by atoms with E-state index >= 15 is 0 Å². The minimum absolute atomic E-state index is 0.136. The SMILES string of the molecule is CC1CC(O)(c2csc(S)c2)CCO1. The van der Waals surface area contributed by atoms with Gasteiger partial charge in [-0.05, 0) is 23.9 Å². The molecular weight excluding hydrogens is 216 g/mol. The lowest BCUT2D eigenvalue weighted by atomic mass is 9.86. The summed E-state index contributed by atoms with van der Waals surface area (Å²) in [6, 6.07) is 1.95. The molecule has 1 N–H and O–H groups in total. The van der Waals surface area contributed by atoms with Crippen LogP contribution in [-0.2, 0) is 10.3 Å². The van der Waals surface area contributed by atoms with Crippen LogP contribution >= 0.6 is 24.0 Å². The molecule has 78 valence electrons. The van der Waals surface area contributed by atoms with Crippen LogP contribution in [0.4, 0.5) is 0 Å². The maximum atomic E-state index is 10.4. The van der Waals surface area contributed by atoms with Gasteiger partial charge in [0.2, 0.25) is 0 Å². The number of hydrogen-bond acceptors (Lipinski definition) is 4. The summed E-state index contributed by atoms with van der Waals surface area (Å²) >= 11 is 5.82. The Morgan fingerprint density at radius 1 is 1.71 bits per heavy atom. The van der Waals surface area contributed by atoms with Crippen molar-refractivity contribution in [1.82, 2.24) is 0 Å². The number of aliphatic hydroxyl groups is 1. The van der Waals surface area contributed by atoms with Gasteiger partial charge in [0.25, 0.3) is 0 Å². The highest BCUT2D eigenvalue weighted by Gasteiger charge is 2.35. The van der Waals surface area contributed by atoms with E-state index in [0.29, 0.717) is 19.4 Å². The Hall–Kier alpha value is -0.0300. The molecule has 1 aliphatic rings. The molecule has 1 aromatic rings. The van der Waals surface area contributed by atoms with E-state index < -0.39 is 5.60 Å². The van der Waals surface area contributed by atoms with Crippen LogP contribution in [0.1, 0.15) is 25.3 Å². The monoisotopic (exact) mass is 230 g/mol. The number of thiophene rings is 1. The lowest BCUT2D eigenvalue weighted by Crippen LogP contribution is -2.37. The summed E-state index contributed by atoms with van der Waals surface area (Å²) < 4.78 is 6.38. The molecule has 1 aromatic heterocycles. The molecule has 0 bridgehead atoms. The van der Waals surface area contributed by atoms with Gasteiger partial charge in [-0.25, -0.2) is 0 Å². The van der Waals surface area contributed by atoms with Gasteiger partial charge in [0.1, 0.15) is 0 Å². The zero-order valence-corrected chi connectivity index (χ0v) is 9.78. The fraction of sp³-hybridized carbons (Fsp3) is 0.600. The molecule has 0 spiro atoms. The van der Waals surface area contributed by atoms with Gasteiger partial charge in [-0.2, -0.15) is 0 Å². The molecule has 0 saturated carbocycles. The van der Waals surface area contributed by atoms with Gasteiger partial charge in [0, 0.05) is 12.8 Å². The molecule has 4 heteroatoms. The van der Waals surface area contributed by atoms with Crippen LogP contribution in [-0.4, -0.2) is 17.8 Å². The molecule has 1 fully saturated rings.